The predicted molar refractivity (Wildman–Crippen MR) is 120 cm³/mol. The van der Waals surface area contributed by atoms with Gasteiger partial charge in [0.25, 0.3) is 0 Å². The summed E-state index contributed by atoms with van der Waals surface area (Å²) in [7, 11) is 5.01. The van der Waals surface area contributed by atoms with Gasteiger partial charge in [0.15, 0.2) is 11.5 Å². The van der Waals surface area contributed by atoms with Crippen LogP contribution in [0.3, 0.4) is 0 Å². The van der Waals surface area contributed by atoms with E-state index in [0.29, 0.717) is 0 Å². The molecule has 1 amide bonds. The molecule has 0 spiro atoms. The summed E-state index contributed by atoms with van der Waals surface area (Å²) in [4.78, 5) is 15.0. The Morgan fingerprint density at radius 1 is 1.06 bits per heavy atom. The van der Waals surface area contributed by atoms with Crippen molar-refractivity contribution >= 4 is 5.91 Å². The van der Waals surface area contributed by atoms with Gasteiger partial charge in [0.05, 0.1) is 27.4 Å². The molecule has 1 N–H and O–H groups in total. The SMILES string of the molecule is COc1ccc(CN2CCc3cc(OC)c(OC)cc3[C@@H]2[C@@H](C)NC(=O)C2CC2)cc1. The molecule has 2 aliphatic rings. The third-order valence-electron chi connectivity index (χ3n) is 6.36. The predicted octanol–water partition coefficient (Wildman–Crippen LogP) is 3.73. The Labute approximate surface area is 184 Å². The van der Waals surface area contributed by atoms with Crippen molar-refractivity contribution in [2.24, 2.45) is 5.92 Å². The first-order valence-electron chi connectivity index (χ1n) is 11.0. The molecule has 1 heterocycles. The van der Waals surface area contributed by atoms with Crippen molar-refractivity contribution in [1.29, 1.82) is 0 Å². The minimum Gasteiger partial charge on any atom is -0.497 e. The van der Waals surface area contributed by atoms with E-state index in [1.807, 2.05) is 12.1 Å². The highest BCUT2D eigenvalue weighted by Crippen LogP contribution is 2.40. The second-order valence-electron chi connectivity index (χ2n) is 8.49. The summed E-state index contributed by atoms with van der Waals surface area (Å²) in [5, 5.41) is 3.28. The summed E-state index contributed by atoms with van der Waals surface area (Å²) in [5.74, 6) is 2.68. The maximum absolute atomic E-state index is 12.5. The molecule has 6 nitrogen and oxygen atoms in total. The van der Waals surface area contributed by atoms with E-state index in [9.17, 15) is 4.79 Å². The van der Waals surface area contributed by atoms with Gasteiger partial charge >= 0.3 is 0 Å². The Morgan fingerprint density at radius 2 is 1.74 bits per heavy atom. The van der Waals surface area contributed by atoms with Crippen LogP contribution < -0.4 is 19.5 Å². The smallest absolute Gasteiger partial charge is 0.223 e. The van der Waals surface area contributed by atoms with E-state index in [0.717, 1.165) is 49.6 Å². The molecule has 0 saturated heterocycles. The largest absolute Gasteiger partial charge is 0.497 e. The van der Waals surface area contributed by atoms with Crippen LogP contribution in [0.5, 0.6) is 17.2 Å². The highest BCUT2D eigenvalue weighted by Gasteiger charge is 2.36. The topological polar surface area (TPSA) is 60.0 Å². The first kappa shape index (κ1) is 21.5. The van der Waals surface area contributed by atoms with Gasteiger partial charge in [-0.25, -0.2) is 0 Å². The molecular weight excluding hydrogens is 392 g/mol. The van der Waals surface area contributed by atoms with E-state index < -0.39 is 0 Å². The highest BCUT2D eigenvalue weighted by atomic mass is 16.5. The molecule has 2 atom stereocenters. The zero-order chi connectivity index (χ0) is 22.0. The fourth-order valence-corrected chi connectivity index (χ4v) is 4.52. The molecule has 2 aromatic rings. The summed E-state index contributed by atoms with van der Waals surface area (Å²) in [5.41, 5.74) is 3.66. The maximum Gasteiger partial charge on any atom is 0.223 e. The number of rotatable bonds is 8. The van der Waals surface area contributed by atoms with Crippen LogP contribution in [-0.4, -0.2) is 44.7 Å². The Morgan fingerprint density at radius 3 is 2.35 bits per heavy atom. The van der Waals surface area contributed by atoms with Crippen LogP contribution in [0, 0.1) is 5.92 Å². The Kier molecular flexibility index (Phi) is 6.37. The molecule has 1 aliphatic carbocycles. The lowest BCUT2D eigenvalue weighted by atomic mass is 9.87. The van der Waals surface area contributed by atoms with Gasteiger partial charge in [-0.15, -0.1) is 0 Å². The van der Waals surface area contributed by atoms with Crippen LogP contribution in [0.25, 0.3) is 0 Å². The second kappa shape index (κ2) is 9.18. The van der Waals surface area contributed by atoms with E-state index in [1.54, 1.807) is 21.3 Å². The molecule has 31 heavy (non-hydrogen) atoms. The first-order valence-corrected chi connectivity index (χ1v) is 11.0. The first-order chi connectivity index (χ1) is 15.0. The standard InChI is InChI=1S/C25H32N2O4/c1-16(26-25(28)18-7-8-18)24-21-14-23(31-4)22(30-3)13-19(21)11-12-27(24)15-17-5-9-20(29-2)10-6-17/h5-6,9-10,13-14,16,18,24H,7-8,11-12,15H2,1-4H3,(H,26,28)/t16-,24+/m1/s1. The average molecular weight is 425 g/mol. The quantitative estimate of drug-likeness (QED) is 0.700. The number of hydrogen-bond donors (Lipinski definition) is 1. The number of amides is 1. The van der Waals surface area contributed by atoms with Crippen LogP contribution in [0.1, 0.15) is 42.5 Å². The number of nitrogens with zero attached hydrogens (tertiary/aromatic N) is 1. The third kappa shape index (κ3) is 4.64. The normalized spacial score (nSPS) is 19.3. The minimum absolute atomic E-state index is 0.0245. The fraction of sp³-hybridized carbons (Fsp3) is 0.480. The molecule has 0 bridgehead atoms. The Hall–Kier alpha value is -2.73. The van der Waals surface area contributed by atoms with Crippen molar-refractivity contribution in [3.63, 3.8) is 0 Å². The number of carbonyl (C=O) groups is 1. The van der Waals surface area contributed by atoms with Gasteiger partial charge in [-0.1, -0.05) is 12.1 Å². The zero-order valence-corrected chi connectivity index (χ0v) is 18.8. The van der Waals surface area contributed by atoms with E-state index in [4.69, 9.17) is 14.2 Å². The molecule has 1 saturated carbocycles. The van der Waals surface area contributed by atoms with Gasteiger partial charge in [0, 0.05) is 25.0 Å². The molecule has 0 radical (unpaired) electrons. The molecule has 0 aromatic heterocycles. The van der Waals surface area contributed by atoms with Crippen molar-refractivity contribution in [1.82, 2.24) is 10.2 Å². The summed E-state index contributed by atoms with van der Waals surface area (Å²) >= 11 is 0. The van der Waals surface area contributed by atoms with Gasteiger partial charge < -0.3 is 19.5 Å². The molecule has 0 unspecified atom stereocenters. The van der Waals surface area contributed by atoms with Crippen LogP contribution in [-0.2, 0) is 17.8 Å². The van der Waals surface area contributed by atoms with E-state index in [2.05, 4.69) is 41.4 Å². The summed E-state index contributed by atoms with van der Waals surface area (Å²) < 4.78 is 16.4. The molecule has 1 aliphatic heterocycles. The number of nitrogens with one attached hydrogen (secondary N) is 1. The van der Waals surface area contributed by atoms with Gasteiger partial charge in [-0.05, 0) is 67.1 Å². The number of methoxy groups -OCH3 is 3. The molecular formula is C25H32N2O4. The van der Waals surface area contributed by atoms with Gasteiger partial charge in [-0.3, -0.25) is 9.69 Å². The molecule has 4 rings (SSSR count). The van der Waals surface area contributed by atoms with Crippen LogP contribution in [0.15, 0.2) is 36.4 Å². The maximum atomic E-state index is 12.5. The monoisotopic (exact) mass is 424 g/mol. The number of ether oxygens (including phenoxy) is 3. The zero-order valence-electron chi connectivity index (χ0n) is 18.8. The van der Waals surface area contributed by atoms with E-state index in [-0.39, 0.29) is 23.9 Å². The minimum atomic E-state index is -0.0245. The van der Waals surface area contributed by atoms with Crippen LogP contribution >= 0.6 is 0 Å². The van der Waals surface area contributed by atoms with Crippen molar-refractivity contribution < 1.29 is 19.0 Å². The summed E-state index contributed by atoms with van der Waals surface area (Å²) in [6.45, 7) is 3.81. The number of carbonyl (C=O) groups excluding carboxylic acids is 1. The fourth-order valence-electron chi connectivity index (χ4n) is 4.52. The van der Waals surface area contributed by atoms with E-state index >= 15 is 0 Å². The lowest BCUT2D eigenvalue weighted by Gasteiger charge is -2.41. The van der Waals surface area contributed by atoms with Crippen LogP contribution in [0.2, 0.25) is 0 Å². The molecule has 6 heteroatoms. The molecule has 1 fully saturated rings. The van der Waals surface area contributed by atoms with Crippen molar-refractivity contribution in [2.75, 3.05) is 27.9 Å². The third-order valence-corrected chi connectivity index (χ3v) is 6.36. The number of fused-ring (bicyclic) bond motifs is 1. The molecule has 2 aromatic carbocycles. The van der Waals surface area contributed by atoms with Crippen molar-refractivity contribution in [2.45, 2.75) is 44.8 Å². The lowest BCUT2D eigenvalue weighted by molar-refractivity contribution is -0.123. The van der Waals surface area contributed by atoms with Gasteiger partial charge in [-0.2, -0.15) is 0 Å². The lowest BCUT2D eigenvalue weighted by Crippen LogP contribution is -2.47. The van der Waals surface area contributed by atoms with Crippen LogP contribution in [0.4, 0.5) is 0 Å². The summed E-state index contributed by atoms with van der Waals surface area (Å²) in [6, 6.07) is 12.4. The highest BCUT2D eigenvalue weighted by molar-refractivity contribution is 5.81. The van der Waals surface area contributed by atoms with Gasteiger partial charge in [0.2, 0.25) is 5.91 Å². The number of benzene rings is 2. The second-order valence-corrected chi connectivity index (χ2v) is 8.49. The number of hydrogen-bond acceptors (Lipinski definition) is 5. The Bertz CT molecular complexity index is 924. The molecule has 166 valence electrons. The summed E-state index contributed by atoms with van der Waals surface area (Å²) in [6.07, 6.45) is 2.92. The van der Waals surface area contributed by atoms with Crippen molar-refractivity contribution in [3.8, 4) is 17.2 Å². The van der Waals surface area contributed by atoms with E-state index in [1.165, 1.54) is 16.7 Å². The van der Waals surface area contributed by atoms with Gasteiger partial charge in [0.1, 0.15) is 5.75 Å². The Balaban J connectivity index is 1.65. The average Bonchev–Trinajstić information content (AvgIpc) is 3.64. The van der Waals surface area contributed by atoms with Crippen molar-refractivity contribution in [3.05, 3.63) is 53.1 Å².